The van der Waals surface area contributed by atoms with Gasteiger partial charge in [0.25, 0.3) is 5.91 Å². The summed E-state index contributed by atoms with van der Waals surface area (Å²) in [6.07, 6.45) is 4.16. The number of nitrogens with zero attached hydrogens (tertiary/aromatic N) is 3. The molecule has 2 N–H and O–H groups in total. The van der Waals surface area contributed by atoms with Crippen molar-refractivity contribution in [1.82, 2.24) is 14.7 Å². The number of rotatable bonds is 5. The van der Waals surface area contributed by atoms with Crippen LogP contribution < -0.4 is 5.73 Å². The van der Waals surface area contributed by atoms with Crippen molar-refractivity contribution in [3.05, 3.63) is 18.0 Å². The number of hydrogen-bond donors (Lipinski definition) is 1. The van der Waals surface area contributed by atoms with Crippen molar-refractivity contribution in [2.75, 3.05) is 13.1 Å². The Morgan fingerprint density at radius 2 is 2.31 bits per heavy atom. The van der Waals surface area contributed by atoms with Crippen LogP contribution in [0.2, 0.25) is 0 Å². The largest absolute Gasteiger partial charge is 0.336 e. The number of carbonyl (C=O) groups is 1. The fourth-order valence-corrected chi connectivity index (χ4v) is 1.55. The van der Waals surface area contributed by atoms with Gasteiger partial charge in [-0.3, -0.25) is 9.48 Å². The molecule has 5 nitrogen and oxygen atoms in total. The molecule has 1 aromatic rings. The Bertz CT molecular complexity index is 346. The third-order valence-corrected chi connectivity index (χ3v) is 2.44. The van der Waals surface area contributed by atoms with Crippen molar-refractivity contribution >= 4 is 5.91 Å². The van der Waals surface area contributed by atoms with E-state index in [0.29, 0.717) is 18.7 Å². The van der Waals surface area contributed by atoms with Gasteiger partial charge >= 0.3 is 0 Å². The Morgan fingerprint density at radius 3 is 2.75 bits per heavy atom. The number of nitrogens with two attached hydrogens (primary N) is 1. The SMILES string of the molecule is CC(C)N(CCCN)C(=O)c1cnn(C)c1. The van der Waals surface area contributed by atoms with E-state index in [-0.39, 0.29) is 11.9 Å². The van der Waals surface area contributed by atoms with Crippen molar-refractivity contribution in [3.8, 4) is 0 Å². The molecule has 0 saturated heterocycles. The van der Waals surface area contributed by atoms with E-state index in [1.165, 1.54) is 0 Å². The van der Waals surface area contributed by atoms with E-state index in [1.807, 2.05) is 18.7 Å². The highest BCUT2D eigenvalue weighted by Crippen LogP contribution is 2.08. The first kappa shape index (κ1) is 12.7. The van der Waals surface area contributed by atoms with E-state index >= 15 is 0 Å². The van der Waals surface area contributed by atoms with Crippen molar-refractivity contribution in [2.45, 2.75) is 26.3 Å². The number of hydrogen-bond acceptors (Lipinski definition) is 3. The van der Waals surface area contributed by atoms with Gasteiger partial charge in [-0.2, -0.15) is 5.10 Å². The van der Waals surface area contributed by atoms with Gasteiger partial charge in [-0.1, -0.05) is 0 Å². The number of aryl methyl sites for hydroxylation is 1. The Labute approximate surface area is 96.2 Å². The lowest BCUT2D eigenvalue weighted by Gasteiger charge is -2.26. The Kier molecular flexibility index (Phi) is 4.49. The van der Waals surface area contributed by atoms with Crippen LogP contribution in [0.15, 0.2) is 12.4 Å². The zero-order valence-electron chi connectivity index (χ0n) is 10.2. The second kappa shape index (κ2) is 5.65. The monoisotopic (exact) mass is 224 g/mol. The van der Waals surface area contributed by atoms with Gasteiger partial charge in [0.2, 0.25) is 0 Å². The Hall–Kier alpha value is -1.36. The summed E-state index contributed by atoms with van der Waals surface area (Å²) in [5.74, 6) is 0.0246. The van der Waals surface area contributed by atoms with Gasteiger partial charge in [-0.25, -0.2) is 0 Å². The normalized spacial score (nSPS) is 10.8. The highest BCUT2D eigenvalue weighted by atomic mass is 16.2. The lowest BCUT2D eigenvalue weighted by molar-refractivity contribution is 0.0705. The molecule has 0 radical (unpaired) electrons. The number of amides is 1. The maximum atomic E-state index is 12.1. The molecule has 5 heteroatoms. The quantitative estimate of drug-likeness (QED) is 0.797. The molecule has 0 unspecified atom stereocenters. The average Bonchev–Trinajstić information content (AvgIpc) is 2.64. The topological polar surface area (TPSA) is 64.2 Å². The molecule has 0 aromatic carbocycles. The van der Waals surface area contributed by atoms with Gasteiger partial charge in [-0.15, -0.1) is 0 Å². The van der Waals surface area contributed by atoms with E-state index in [4.69, 9.17) is 5.73 Å². The van der Waals surface area contributed by atoms with Crippen molar-refractivity contribution in [2.24, 2.45) is 12.8 Å². The summed E-state index contributed by atoms with van der Waals surface area (Å²) in [4.78, 5) is 14.0. The van der Waals surface area contributed by atoms with Crippen LogP contribution in [0, 0.1) is 0 Å². The number of aromatic nitrogens is 2. The molecule has 1 heterocycles. The predicted octanol–water partition coefficient (Wildman–Crippen LogP) is 0.620. The molecule has 0 aliphatic heterocycles. The zero-order chi connectivity index (χ0) is 12.1. The fraction of sp³-hybridized carbons (Fsp3) is 0.636. The lowest BCUT2D eigenvalue weighted by Crippen LogP contribution is -2.38. The first-order chi connectivity index (χ1) is 7.56. The summed E-state index contributed by atoms with van der Waals surface area (Å²) in [5, 5.41) is 4.00. The van der Waals surface area contributed by atoms with Crippen LogP contribution in [-0.2, 0) is 7.05 Å². The average molecular weight is 224 g/mol. The van der Waals surface area contributed by atoms with Gasteiger partial charge in [0.05, 0.1) is 11.8 Å². The van der Waals surface area contributed by atoms with Crippen LogP contribution >= 0.6 is 0 Å². The minimum atomic E-state index is 0.0246. The second-order valence-corrected chi connectivity index (χ2v) is 4.14. The first-order valence-electron chi connectivity index (χ1n) is 5.56. The van der Waals surface area contributed by atoms with Crippen LogP contribution in [0.1, 0.15) is 30.6 Å². The highest BCUT2D eigenvalue weighted by Gasteiger charge is 2.19. The molecule has 1 rings (SSSR count). The molecule has 0 spiro atoms. The minimum absolute atomic E-state index is 0.0246. The van der Waals surface area contributed by atoms with E-state index < -0.39 is 0 Å². The summed E-state index contributed by atoms with van der Waals surface area (Å²) < 4.78 is 1.63. The summed E-state index contributed by atoms with van der Waals surface area (Å²) in [7, 11) is 1.80. The maximum absolute atomic E-state index is 12.1. The van der Waals surface area contributed by atoms with E-state index in [1.54, 1.807) is 24.1 Å². The third-order valence-electron chi connectivity index (χ3n) is 2.44. The fourth-order valence-electron chi connectivity index (χ4n) is 1.55. The molecule has 0 fully saturated rings. The van der Waals surface area contributed by atoms with E-state index in [9.17, 15) is 4.79 Å². The molecule has 0 saturated carbocycles. The van der Waals surface area contributed by atoms with Crippen molar-refractivity contribution < 1.29 is 4.79 Å². The van der Waals surface area contributed by atoms with E-state index in [0.717, 1.165) is 6.42 Å². The minimum Gasteiger partial charge on any atom is -0.336 e. The summed E-state index contributed by atoms with van der Waals surface area (Å²) >= 11 is 0. The summed E-state index contributed by atoms with van der Waals surface area (Å²) in [5.41, 5.74) is 6.10. The molecule has 16 heavy (non-hydrogen) atoms. The highest BCUT2D eigenvalue weighted by molar-refractivity contribution is 5.93. The molecule has 0 bridgehead atoms. The summed E-state index contributed by atoms with van der Waals surface area (Å²) in [6.45, 7) is 5.31. The van der Waals surface area contributed by atoms with Gasteiger partial charge in [-0.05, 0) is 26.8 Å². The summed E-state index contributed by atoms with van der Waals surface area (Å²) in [6, 6.07) is 0.180. The van der Waals surface area contributed by atoms with Gasteiger partial charge < -0.3 is 10.6 Å². The second-order valence-electron chi connectivity index (χ2n) is 4.14. The van der Waals surface area contributed by atoms with Gasteiger partial charge in [0.1, 0.15) is 0 Å². The van der Waals surface area contributed by atoms with Gasteiger partial charge in [0.15, 0.2) is 0 Å². The molecule has 90 valence electrons. The van der Waals surface area contributed by atoms with Crippen LogP contribution in [0.5, 0.6) is 0 Å². The Balaban J connectivity index is 2.74. The lowest BCUT2D eigenvalue weighted by atomic mass is 10.2. The molecular formula is C11H20N4O. The van der Waals surface area contributed by atoms with E-state index in [2.05, 4.69) is 5.10 Å². The smallest absolute Gasteiger partial charge is 0.257 e. The molecule has 0 aliphatic carbocycles. The predicted molar refractivity (Wildman–Crippen MR) is 63.1 cm³/mol. The Morgan fingerprint density at radius 1 is 1.62 bits per heavy atom. The zero-order valence-corrected chi connectivity index (χ0v) is 10.2. The van der Waals surface area contributed by atoms with Gasteiger partial charge in [0, 0.05) is 25.8 Å². The van der Waals surface area contributed by atoms with Crippen molar-refractivity contribution in [3.63, 3.8) is 0 Å². The van der Waals surface area contributed by atoms with Crippen LogP contribution in [0.4, 0.5) is 0 Å². The van der Waals surface area contributed by atoms with Crippen LogP contribution in [-0.4, -0.2) is 39.7 Å². The maximum Gasteiger partial charge on any atom is 0.257 e. The molecule has 1 aromatic heterocycles. The molecule has 0 aliphatic rings. The standard InChI is InChI=1S/C11H20N4O/c1-9(2)15(6-4-5-12)11(16)10-7-13-14(3)8-10/h7-9H,4-6,12H2,1-3H3. The first-order valence-corrected chi connectivity index (χ1v) is 5.56. The number of carbonyl (C=O) groups excluding carboxylic acids is 1. The van der Waals surface area contributed by atoms with Crippen LogP contribution in [0.3, 0.4) is 0 Å². The molecular weight excluding hydrogens is 204 g/mol. The molecule has 1 amide bonds. The van der Waals surface area contributed by atoms with Crippen molar-refractivity contribution in [1.29, 1.82) is 0 Å². The molecule has 0 atom stereocenters. The third kappa shape index (κ3) is 3.06. The van der Waals surface area contributed by atoms with Crippen LogP contribution in [0.25, 0.3) is 0 Å².